The second-order valence-corrected chi connectivity index (χ2v) is 5.04. The van der Waals surface area contributed by atoms with Gasteiger partial charge in [0.05, 0.1) is 31.4 Å². The van der Waals surface area contributed by atoms with Crippen LogP contribution in [0.1, 0.15) is 15.9 Å². The first-order chi connectivity index (χ1) is 11.7. The van der Waals surface area contributed by atoms with Crippen molar-refractivity contribution in [2.24, 2.45) is 0 Å². The molecule has 2 aromatic carbocycles. The van der Waals surface area contributed by atoms with Crippen LogP contribution in [0.4, 0.5) is 4.39 Å². The number of halogens is 1. The zero-order chi connectivity index (χ0) is 17.1. The van der Waals surface area contributed by atoms with Crippen molar-refractivity contribution in [2.45, 2.75) is 0 Å². The molecule has 24 heavy (non-hydrogen) atoms. The first-order valence-corrected chi connectivity index (χ1v) is 7.25. The van der Waals surface area contributed by atoms with Gasteiger partial charge in [-0.25, -0.2) is 4.39 Å². The molecule has 0 spiro atoms. The number of carbonyl (C=O) groups excluding carboxylic acids is 1. The minimum atomic E-state index is -0.554. The fraction of sp³-hybridized carbons (Fsp3) is 0.105. The average molecular weight is 326 g/mol. The summed E-state index contributed by atoms with van der Waals surface area (Å²) >= 11 is 0. The molecule has 0 N–H and O–H groups in total. The van der Waals surface area contributed by atoms with Crippen LogP contribution in [-0.2, 0) is 0 Å². The van der Waals surface area contributed by atoms with Crippen molar-refractivity contribution >= 4 is 22.8 Å². The van der Waals surface area contributed by atoms with Crippen LogP contribution in [0.15, 0.2) is 53.2 Å². The van der Waals surface area contributed by atoms with Gasteiger partial charge in [-0.05, 0) is 36.4 Å². The summed E-state index contributed by atoms with van der Waals surface area (Å²) in [7, 11) is 3.06. The minimum Gasteiger partial charge on any atom is -0.495 e. The van der Waals surface area contributed by atoms with E-state index >= 15 is 0 Å². The monoisotopic (exact) mass is 326 g/mol. The third-order valence-electron chi connectivity index (χ3n) is 3.66. The summed E-state index contributed by atoms with van der Waals surface area (Å²) in [6, 6.07) is 9.31. The van der Waals surface area contributed by atoms with E-state index in [0.717, 1.165) is 5.39 Å². The van der Waals surface area contributed by atoms with E-state index in [1.165, 1.54) is 44.8 Å². The zero-order valence-corrected chi connectivity index (χ0v) is 13.2. The van der Waals surface area contributed by atoms with E-state index in [4.69, 9.17) is 13.9 Å². The summed E-state index contributed by atoms with van der Waals surface area (Å²) in [5.74, 6) is 0.0920. The Labute approximate surface area is 138 Å². The van der Waals surface area contributed by atoms with Crippen LogP contribution in [0.2, 0.25) is 0 Å². The Morgan fingerprint density at radius 3 is 2.67 bits per heavy atom. The van der Waals surface area contributed by atoms with E-state index in [2.05, 4.69) is 0 Å². The second-order valence-electron chi connectivity index (χ2n) is 5.04. The Kier molecular flexibility index (Phi) is 4.33. The fourth-order valence-corrected chi connectivity index (χ4v) is 2.53. The maximum atomic E-state index is 13.7. The number of allylic oxidation sites excluding steroid dienone is 1. The Bertz CT molecular complexity index is 924. The lowest BCUT2D eigenvalue weighted by atomic mass is 10.1. The number of methoxy groups -OCH3 is 2. The molecule has 0 bridgehead atoms. The molecule has 0 unspecified atom stereocenters. The molecule has 0 saturated heterocycles. The number of hydrogen-bond donors (Lipinski definition) is 0. The molecule has 0 atom stereocenters. The van der Waals surface area contributed by atoms with Gasteiger partial charge in [0.15, 0.2) is 17.1 Å². The Morgan fingerprint density at radius 1 is 1.17 bits per heavy atom. The molecule has 0 saturated carbocycles. The third kappa shape index (κ3) is 2.76. The molecule has 3 rings (SSSR count). The van der Waals surface area contributed by atoms with Gasteiger partial charge in [0, 0.05) is 5.56 Å². The topological polar surface area (TPSA) is 48.7 Å². The molecule has 1 aromatic heterocycles. The SMILES string of the molecule is COc1c(/C=C/C(=O)c2ccccc2F)cc(OC)c2occc12. The number of ether oxygens (including phenoxy) is 2. The smallest absolute Gasteiger partial charge is 0.188 e. The van der Waals surface area contributed by atoms with Gasteiger partial charge < -0.3 is 13.9 Å². The van der Waals surface area contributed by atoms with Gasteiger partial charge in [-0.3, -0.25) is 4.79 Å². The zero-order valence-electron chi connectivity index (χ0n) is 13.2. The van der Waals surface area contributed by atoms with Crippen molar-refractivity contribution in [2.75, 3.05) is 14.2 Å². The van der Waals surface area contributed by atoms with E-state index in [1.54, 1.807) is 24.3 Å². The van der Waals surface area contributed by atoms with Crippen molar-refractivity contribution in [1.29, 1.82) is 0 Å². The summed E-state index contributed by atoms with van der Waals surface area (Å²) in [4.78, 5) is 12.2. The van der Waals surface area contributed by atoms with Crippen LogP contribution in [0.25, 0.3) is 17.0 Å². The summed E-state index contributed by atoms with van der Waals surface area (Å²) in [5.41, 5.74) is 1.21. The summed E-state index contributed by atoms with van der Waals surface area (Å²) in [5, 5.41) is 0.731. The first kappa shape index (κ1) is 15.8. The highest BCUT2D eigenvalue weighted by atomic mass is 19.1. The molecule has 0 fully saturated rings. The van der Waals surface area contributed by atoms with E-state index in [9.17, 15) is 9.18 Å². The van der Waals surface area contributed by atoms with Crippen LogP contribution >= 0.6 is 0 Å². The molecule has 122 valence electrons. The van der Waals surface area contributed by atoms with Crippen molar-refractivity contribution in [3.8, 4) is 11.5 Å². The lowest BCUT2D eigenvalue weighted by Crippen LogP contribution is -1.98. The largest absolute Gasteiger partial charge is 0.495 e. The number of furan rings is 1. The molecule has 3 aromatic rings. The maximum absolute atomic E-state index is 13.7. The van der Waals surface area contributed by atoms with E-state index < -0.39 is 11.6 Å². The first-order valence-electron chi connectivity index (χ1n) is 7.25. The number of ketones is 1. The molecule has 0 aliphatic rings. The summed E-state index contributed by atoms with van der Waals surface area (Å²) in [6.45, 7) is 0. The van der Waals surface area contributed by atoms with E-state index in [0.29, 0.717) is 22.6 Å². The average Bonchev–Trinajstić information content (AvgIpc) is 3.08. The fourth-order valence-electron chi connectivity index (χ4n) is 2.53. The Hall–Kier alpha value is -3.08. The highest BCUT2D eigenvalue weighted by molar-refractivity contribution is 6.07. The van der Waals surface area contributed by atoms with Crippen LogP contribution in [0.5, 0.6) is 11.5 Å². The maximum Gasteiger partial charge on any atom is 0.188 e. The molecule has 4 nitrogen and oxygen atoms in total. The van der Waals surface area contributed by atoms with Gasteiger partial charge in [0.1, 0.15) is 11.6 Å². The van der Waals surface area contributed by atoms with Gasteiger partial charge >= 0.3 is 0 Å². The van der Waals surface area contributed by atoms with Gasteiger partial charge in [-0.15, -0.1) is 0 Å². The lowest BCUT2D eigenvalue weighted by molar-refractivity contribution is 0.104. The number of benzene rings is 2. The minimum absolute atomic E-state index is 0.0177. The van der Waals surface area contributed by atoms with Crippen LogP contribution in [0, 0.1) is 5.82 Å². The summed E-state index contributed by atoms with van der Waals surface area (Å²) in [6.07, 6.45) is 4.41. The summed E-state index contributed by atoms with van der Waals surface area (Å²) < 4.78 is 29.8. The van der Waals surface area contributed by atoms with Crippen LogP contribution < -0.4 is 9.47 Å². The molecule has 1 heterocycles. The normalized spacial score (nSPS) is 11.1. The molecule has 0 radical (unpaired) electrons. The number of fused-ring (bicyclic) bond motifs is 1. The van der Waals surface area contributed by atoms with Crippen molar-refractivity contribution in [3.63, 3.8) is 0 Å². The molecule has 5 heteroatoms. The Morgan fingerprint density at radius 2 is 1.96 bits per heavy atom. The van der Waals surface area contributed by atoms with Crippen LogP contribution in [-0.4, -0.2) is 20.0 Å². The Balaban J connectivity index is 2.03. The van der Waals surface area contributed by atoms with Gasteiger partial charge in [-0.2, -0.15) is 0 Å². The lowest BCUT2D eigenvalue weighted by Gasteiger charge is -2.09. The molecule has 0 aliphatic heterocycles. The number of hydrogen-bond acceptors (Lipinski definition) is 4. The standard InChI is InChI=1S/C19H15FO4/c1-22-17-11-12(18(23-2)14-9-10-24-19(14)17)7-8-16(21)13-5-3-4-6-15(13)20/h3-11H,1-2H3/b8-7+. The quantitative estimate of drug-likeness (QED) is 0.512. The number of rotatable bonds is 5. The predicted octanol–water partition coefficient (Wildman–Crippen LogP) is 4.49. The molecular weight excluding hydrogens is 311 g/mol. The third-order valence-corrected chi connectivity index (χ3v) is 3.66. The van der Waals surface area contributed by atoms with Crippen molar-refractivity contribution in [1.82, 2.24) is 0 Å². The van der Waals surface area contributed by atoms with Crippen molar-refractivity contribution < 1.29 is 23.1 Å². The highest BCUT2D eigenvalue weighted by Gasteiger charge is 2.15. The number of carbonyl (C=O) groups is 1. The van der Waals surface area contributed by atoms with E-state index in [-0.39, 0.29) is 5.56 Å². The van der Waals surface area contributed by atoms with Crippen LogP contribution in [0.3, 0.4) is 0 Å². The van der Waals surface area contributed by atoms with Gasteiger partial charge in [-0.1, -0.05) is 12.1 Å². The molecular formula is C19H15FO4. The van der Waals surface area contributed by atoms with Gasteiger partial charge in [0.25, 0.3) is 0 Å². The second kappa shape index (κ2) is 6.58. The highest BCUT2D eigenvalue weighted by Crippen LogP contribution is 2.38. The molecule has 0 amide bonds. The molecule has 0 aliphatic carbocycles. The predicted molar refractivity (Wildman–Crippen MR) is 89.1 cm³/mol. The van der Waals surface area contributed by atoms with Crippen molar-refractivity contribution in [3.05, 3.63) is 65.7 Å². The van der Waals surface area contributed by atoms with Gasteiger partial charge in [0.2, 0.25) is 0 Å². The van der Waals surface area contributed by atoms with E-state index in [1.807, 2.05) is 0 Å².